The summed E-state index contributed by atoms with van der Waals surface area (Å²) < 4.78 is 48.0. The Morgan fingerprint density at radius 2 is 0.725 bits per heavy atom. The first kappa shape index (κ1) is 46.0. The highest BCUT2D eigenvalue weighted by atomic mass is 32.2. The van der Waals surface area contributed by atoms with Gasteiger partial charge in [-0.2, -0.15) is 0 Å². The average Bonchev–Trinajstić information content (AvgIpc) is 3.09. The second-order valence-electron chi connectivity index (χ2n) is 9.30. The van der Waals surface area contributed by atoms with E-state index in [0.29, 0.717) is 55.4 Å². The Morgan fingerprint density at radius 3 is 0.961 bits per heavy atom. The lowest BCUT2D eigenvalue weighted by Crippen LogP contribution is -2.55. The predicted octanol–water partition coefficient (Wildman–Crippen LogP) is 1.93. The van der Waals surface area contributed by atoms with Crippen LogP contribution in [0.25, 0.3) is 0 Å². The van der Waals surface area contributed by atoms with E-state index in [-0.39, 0.29) is 92.2 Å². The van der Waals surface area contributed by atoms with Crippen molar-refractivity contribution in [3.05, 3.63) is 31.5 Å². The van der Waals surface area contributed by atoms with E-state index in [1.165, 1.54) is 0 Å². The zero-order valence-electron chi connectivity index (χ0n) is 28.0. The molecule has 0 aliphatic heterocycles. The van der Waals surface area contributed by atoms with E-state index >= 15 is 0 Å². The minimum Gasteiger partial charge on any atom is -0.465 e. The number of aromatic nitrogens is 3. The molecule has 18 nitrogen and oxygen atoms in total. The first-order valence-electron chi connectivity index (χ1n) is 15.2. The van der Waals surface area contributed by atoms with Gasteiger partial charge < -0.3 is 41.0 Å². The maximum Gasteiger partial charge on any atom is 0.364 e. The van der Waals surface area contributed by atoms with Crippen LogP contribution in [0.3, 0.4) is 0 Å². The van der Waals surface area contributed by atoms with Crippen molar-refractivity contribution in [2.45, 2.75) is 59.7 Å². The van der Waals surface area contributed by atoms with E-state index in [1.54, 1.807) is 0 Å². The minimum absolute atomic E-state index is 0.153. The molecule has 1 rings (SSSR count). The number of rotatable bonds is 24. The highest BCUT2D eigenvalue weighted by Gasteiger charge is 2.18. The normalized spacial score (nSPS) is 10.4. The molecule has 0 unspecified atom stereocenters. The minimum atomic E-state index is -1.00. The van der Waals surface area contributed by atoms with Gasteiger partial charge in [0.25, 0.3) is 0 Å². The summed E-state index contributed by atoms with van der Waals surface area (Å²) in [5, 5.41) is -1.12. The van der Waals surface area contributed by atoms with Crippen LogP contribution >= 0.6 is 72.8 Å². The smallest absolute Gasteiger partial charge is 0.364 e. The highest BCUT2D eigenvalue weighted by molar-refractivity contribution is 7.97. The fraction of sp³-hybridized carbons (Fsp3) is 0.667. The van der Waals surface area contributed by atoms with Crippen LogP contribution < -0.4 is 17.1 Å². The third-order valence-corrected chi connectivity index (χ3v) is 8.09. The molecule has 0 bridgehead atoms. The van der Waals surface area contributed by atoms with Gasteiger partial charge in [-0.3, -0.25) is 14.4 Å². The molecule has 0 atom stereocenters. The van der Waals surface area contributed by atoms with E-state index in [9.17, 15) is 28.8 Å². The highest BCUT2D eigenvalue weighted by Crippen LogP contribution is 2.08. The molecule has 1 aromatic heterocycles. The van der Waals surface area contributed by atoms with Gasteiger partial charge >= 0.3 is 50.7 Å². The molecule has 0 N–H and O–H groups in total. The number of ether oxygens (including phenoxy) is 6. The molecule has 1 heterocycles. The van der Waals surface area contributed by atoms with Gasteiger partial charge in [-0.05, 0) is 19.3 Å². The van der Waals surface area contributed by atoms with E-state index in [1.807, 2.05) is 20.8 Å². The Morgan fingerprint density at radius 1 is 0.471 bits per heavy atom. The molecule has 0 saturated heterocycles. The summed E-state index contributed by atoms with van der Waals surface area (Å²) in [6, 6.07) is 0. The average molecular weight is 838 g/mol. The zero-order valence-corrected chi connectivity index (χ0v) is 32.9. The van der Waals surface area contributed by atoms with Crippen LogP contribution in [0, 0.1) is 0 Å². The van der Waals surface area contributed by atoms with Crippen LogP contribution in [-0.2, 0) is 75.0 Å². The molecule has 24 heteroatoms. The summed E-state index contributed by atoms with van der Waals surface area (Å²) in [6.07, 6.45) is 1.98. The van der Waals surface area contributed by atoms with Crippen LogP contribution in [0.4, 0.5) is 0 Å². The summed E-state index contributed by atoms with van der Waals surface area (Å²) in [6.45, 7) is 4.24. The van der Waals surface area contributed by atoms with Crippen LogP contribution in [0.1, 0.15) is 40.0 Å². The Labute approximate surface area is 322 Å². The summed E-state index contributed by atoms with van der Waals surface area (Å²) in [7, 11) is 0. The van der Waals surface area contributed by atoms with Gasteiger partial charge in [0.15, 0.2) is 0 Å². The van der Waals surface area contributed by atoms with Gasteiger partial charge in [0, 0.05) is 36.7 Å². The van der Waals surface area contributed by atoms with Gasteiger partial charge in [-0.25, -0.2) is 28.1 Å². The number of thiocarbonyl (C=S) groups is 3. The molecule has 1 aromatic rings. The lowest BCUT2D eigenvalue weighted by atomic mass is 10.5. The standard InChI is InChI=1S/C27H39N3O15S6/c1-4-10-37-19(31)16-49-43-25(46)40-13-7-28-22(34)29(8-14-41-26(47)44-50-17-20(32)38-11-5-2)24(36)30(23(28)35)9-15-42-27(48)45-51-18-21(33)39-12-6-3/h4-18H2,1-3H3. The Kier molecular flexibility index (Phi) is 24.8. The molecule has 0 amide bonds. The van der Waals surface area contributed by atoms with Crippen molar-refractivity contribution in [2.75, 3.05) is 56.9 Å². The predicted molar refractivity (Wildman–Crippen MR) is 199 cm³/mol. The van der Waals surface area contributed by atoms with Crippen molar-refractivity contribution >= 4 is 106 Å². The lowest BCUT2D eigenvalue weighted by molar-refractivity contribution is -0.141. The van der Waals surface area contributed by atoms with E-state index in [2.05, 4.69) is 0 Å². The molecule has 0 radical (unpaired) electrons. The summed E-state index contributed by atoms with van der Waals surface area (Å²) in [5.41, 5.74) is -3.00. The quantitative estimate of drug-likeness (QED) is 0.0632. The zero-order chi connectivity index (χ0) is 38.0. The number of carbonyl (C=O) groups excluding carboxylic acids is 3. The third kappa shape index (κ3) is 19.9. The molecule has 0 fully saturated rings. The van der Waals surface area contributed by atoms with Gasteiger partial charge in [0.2, 0.25) is 0 Å². The molecule has 0 aromatic carbocycles. The second kappa shape index (κ2) is 27.6. The van der Waals surface area contributed by atoms with Crippen molar-refractivity contribution in [1.82, 2.24) is 13.7 Å². The van der Waals surface area contributed by atoms with Gasteiger partial charge in [0.1, 0.15) is 37.1 Å². The molecule has 0 saturated carbocycles. The number of nitrogens with zero attached hydrogens (tertiary/aromatic N) is 3. The van der Waals surface area contributed by atoms with Crippen LogP contribution in [-0.4, -0.2) is 104 Å². The van der Waals surface area contributed by atoms with Crippen molar-refractivity contribution in [3.8, 4) is 0 Å². The molecular formula is C27H39N3O15S6. The van der Waals surface area contributed by atoms with Crippen molar-refractivity contribution < 1.29 is 55.4 Å². The van der Waals surface area contributed by atoms with E-state index in [4.69, 9.17) is 77.6 Å². The maximum absolute atomic E-state index is 13.3. The van der Waals surface area contributed by atoms with Crippen LogP contribution in [0.2, 0.25) is 0 Å². The SMILES string of the molecule is CCCOC(=O)CSOC(=S)OCCn1c(=O)n(CCOC(=S)OSCC(=O)OCCC)c(=O)n(CCOC(=S)OSCC(=O)OCCC)c1=O. The topological polar surface area (TPSA) is 200 Å². The first-order chi connectivity index (χ1) is 24.4. The number of carbonyl (C=O) groups is 3. The molecule has 288 valence electrons. The van der Waals surface area contributed by atoms with Crippen LogP contribution in [0.5, 0.6) is 0 Å². The monoisotopic (exact) mass is 837 g/mol. The molecule has 0 aliphatic carbocycles. The number of hydrogen-bond donors (Lipinski definition) is 0. The Hall–Kier alpha value is -3.06. The Bertz CT molecular complexity index is 1280. The van der Waals surface area contributed by atoms with E-state index in [0.717, 1.165) is 13.7 Å². The molecular weight excluding hydrogens is 799 g/mol. The van der Waals surface area contributed by atoms with Gasteiger partial charge in [-0.1, -0.05) is 20.8 Å². The molecule has 0 aliphatic rings. The Balaban J connectivity index is 2.92. The molecule has 0 spiro atoms. The second-order valence-corrected chi connectivity index (χ2v) is 12.4. The summed E-state index contributed by atoms with van der Waals surface area (Å²) >= 11 is 16.9. The van der Waals surface area contributed by atoms with Crippen molar-refractivity contribution in [1.29, 1.82) is 0 Å². The van der Waals surface area contributed by atoms with Gasteiger partial charge in [0.05, 0.1) is 75.6 Å². The third-order valence-electron chi connectivity index (χ3n) is 5.30. The summed E-state index contributed by atoms with van der Waals surface area (Å²) in [4.78, 5) is 74.5. The van der Waals surface area contributed by atoms with Gasteiger partial charge in [-0.15, -0.1) is 0 Å². The van der Waals surface area contributed by atoms with Crippen molar-refractivity contribution in [3.63, 3.8) is 0 Å². The van der Waals surface area contributed by atoms with Crippen LogP contribution in [0.15, 0.2) is 14.4 Å². The summed E-state index contributed by atoms with van der Waals surface area (Å²) in [5.74, 6) is -1.99. The molecule has 51 heavy (non-hydrogen) atoms. The van der Waals surface area contributed by atoms with Crippen molar-refractivity contribution in [2.24, 2.45) is 0 Å². The number of esters is 3. The first-order valence-corrected chi connectivity index (χ1v) is 19.2. The van der Waals surface area contributed by atoms with E-state index < -0.39 is 35.0 Å². The maximum atomic E-state index is 13.3. The number of hydrogen-bond acceptors (Lipinski definition) is 21. The largest absolute Gasteiger partial charge is 0.465 e. The fourth-order valence-electron chi connectivity index (χ4n) is 3.14. The lowest BCUT2D eigenvalue weighted by Gasteiger charge is -2.15. The fourth-order valence-corrected chi connectivity index (χ4v) is 4.97.